The summed E-state index contributed by atoms with van der Waals surface area (Å²) in [5.74, 6) is 0.616. The van der Waals surface area contributed by atoms with Crippen molar-refractivity contribution in [3.8, 4) is 0 Å². The molecule has 0 saturated carbocycles. The van der Waals surface area contributed by atoms with Crippen LogP contribution in [-0.2, 0) is 9.53 Å². The molecule has 0 aromatic rings. The van der Waals surface area contributed by atoms with Gasteiger partial charge in [-0.1, -0.05) is 6.92 Å². The van der Waals surface area contributed by atoms with Gasteiger partial charge in [0, 0.05) is 6.04 Å². The number of hydrogen-bond donors (Lipinski definition) is 0. The average Bonchev–Trinajstić information content (AvgIpc) is 2.18. The van der Waals surface area contributed by atoms with E-state index in [1.165, 1.54) is 6.42 Å². The Morgan fingerprint density at radius 3 is 2.81 bits per heavy atom. The number of likely N-dealkylation sites (N-methyl/N-ethyl adjacent to an activating group) is 2. The molecule has 1 aliphatic rings. The summed E-state index contributed by atoms with van der Waals surface area (Å²) < 4.78 is 5.29. The molecule has 0 aromatic heterocycles. The van der Waals surface area contributed by atoms with E-state index in [-0.39, 0.29) is 5.97 Å². The van der Waals surface area contributed by atoms with Crippen molar-refractivity contribution in [2.24, 2.45) is 5.92 Å². The zero-order chi connectivity index (χ0) is 12.1. The van der Waals surface area contributed by atoms with Crippen LogP contribution in [0.2, 0.25) is 0 Å². The lowest BCUT2D eigenvalue weighted by molar-refractivity contribution is -0.146. The van der Waals surface area contributed by atoms with Gasteiger partial charge in [0.1, 0.15) is 6.61 Å². The molecule has 2 atom stereocenters. The van der Waals surface area contributed by atoms with Crippen molar-refractivity contribution in [2.45, 2.75) is 25.8 Å². The second-order valence-electron chi connectivity index (χ2n) is 5.18. The van der Waals surface area contributed by atoms with Crippen molar-refractivity contribution < 1.29 is 9.53 Å². The van der Waals surface area contributed by atoms with Crippen LogP contribution in [0.4, 0.5) is 0 Å². The predicted octanol–water partition coefficient (Wildman–Crippen LogP) is 0.821. The maximum Gasteiger partial charge on any atom is 0.320 e. The normalized spacial score (nSPS) is 27.1. The maximum atomic E-state index is 11.4. The Labute approximate surface area is 98.5 Å². The van der Waals surface area contributed by atoms with E-state index in [1.54, 1.807) is 0 Å². The van der Waals surface area contributed by atoms with Crippen LogP contribution in [-0.4, -0.2) is 62.7 Å². The fraction of sp³-hybridized carbons (Fsp3) is 0.917. The highest BCUT2D eigenvalue weighted by molar-refractivity contribution is 5.71. The van der Waals surface area contributed by atoms with Crippen LogP contribution >= 0.6 is 0 Å². The molecule has 1 aliphatic heterocycles. The molecule has 0 aromatic carbocycles. The zero-order valence-corrected chi connectivity index (χ0v) is 10.9. The molecule has 0 bridgehead atoms. The Morgan fingerprint density at radius 2 is 2.19 bits per heavy atom. The summed E-state index contributed by atoms with van der Waals surface area (Å²) in [6.07, 6.45) is 2.38. The second kappa shape index (κ2) is 6.21. The third-order valence-corrected chi connectivity index (χ3v) is 3.15. The Kier molecular flexibility index (Phi) is 5.22. The zero-order valence-electron chi connectivity index (χ0n) is 10.9. The molecule has 0 spiro atoms. The fourth-order valence-electron chi connectivity index (χ4n) is 2.06. The number of piperidine rings is 1. The lowest BCUT2D eigenvalue weighted by Gasteiger charge is -2.35. The first kappa shape index (κ1) is 13.5. The maximum absolute atomic E-state index is 11.4. The molecule has 1 saturated heterocycles. The largest absolute Gasteiger partial charge is 0.463 e. The van der Waals surface area contributed by atoms with Gasteiger partial charge in [0.2, 0.25) is 0 Å². The van der Waals surface area contributed by atoms with Crippen LogP contribution in [0.1, 0.15) is 19.8 Å². The summed E-state index contributed by atoms with van der Waals surface area (Å²) >= 11 is 0. The summed E-state index contributed by atoms with van der Waals surface area (Å²) in [4.78, 5) is 15.5. The first-order valence-electron chi connectivity index (χ1n) is 5.99. The first-order valence-corrected chi connectivity index (χ1v) is 5.99. The van der Waals surface area contributed by atoms with E-state index in [0.29, 0.717) is 19.2 Å². The van der Waals surface area contributed by atoms with E-state index < -0.39 is 0 Å². The van der Waals surface area contributed by atoms with Crippen LogP contribution in [0, 0.1) is 5.92 Å². The summed E-state index contributed by atoms with van der Waals surface area (Å²) in [7, 11) is 5.85. The Hall–Kier alpha value is -0.610. The van der Waals surface area contributed by atoms with Gasteiger partial charge in [-0.05, 0) is 46.4 Å². The number of hydrogen-bond acceptors (Lipinski definition) is 4. The highest BCUT2D eigenvalue weighted by Crippen LogP contribution is 2.21. The molecule has 4 heteroatoms. The molecule has 0 N–H and O–H groups in total. The Morgan fingerprint density at radius 1 is 1.50 bits per heavy atom. The fourth-order valence-corrected chi connectivity index (χ4v) is 2.06. The van der Waals surface area contributed by atoms with Gasteiger partial charge < -0.3 is 9.64 Å². The van der Waals surface area contributed by atoms with Crippen LogP contribution in [0.25, 0.3) is 0 Å². The molecule has 0 amide bonds. The molecule has 1 heterocycles. The molecular weight excluding hydrogens is 204 g/mol. The average molecular weight is 228 g/mol. The molecule has 4 nitrogen and oxygen atoms in total. The molecule has 0 aliphatic carbocycles. The van der Waals surface area contributed by atoms with E-state index in [0.717, 1.165) is 18.9 Å². The van der Waals surface area contributed by atoms with Gasteiger partial charge in [-0.15, -0.1) is 0 Å². The van der Waals surface area contributed by atoms with E-state index >= 15 is 0 Å². The summed E-state index contributed by atoms with van der Waals surface area (Å²) in [5, 5.41) is 0. The first-order chi connectivity index (χ1) is 7.49. The molecule has 0 radical (unpaired) electrons. The van der Waals surface area contributed by atoms with Crippen molar-refractivity contribution in [2.75, 3.05) is 40.8 Å². The van der Waals surface area contributed by atoms with Gasteiger partial charge >= 0.3 is 5.97 Å². The van der Waals surface area contributed by atoms with Gasteiger partial charge in [0.25, 0.3) is 0 Å². The van der Waals surface area contributed by atoms with Crippen LogP contribution in [0.5, 0.6) is 0 Å². The van der Waals surface area contributed by atoms with Crippen molar-refractivity contribution in [1.29, 1.82) is 0 Å². The molecule has 2 unspecified atom stereocenters. The van der Waals surface area contributed by atoms with Crippen LogP contribution in [0.3, 0.4) is 0 Å². The minimum atomic E-state index is -0.128. The van der Waals surface area contributed by atoms with Gasteiger partial charge in [0.15, 0.2) is 0 Å². The molecule has 1 rings (SSSR count). The molecule has 94 valence electrons. The number of nitrogens with zero attached hydrogens (tertiary/aromatic N) is 2. The highest BCUT2D eigenvalue weighted by atomic mass is 16.5. The topological polar surface area (TPSA) is 32.8 Å². The van der Waals surface area contributed by atoms with Gasteiger partial charge in [0.05, 0.1) is 6.54 Å². The van der Waals surface area contributed by atoms with Crippen molar-refractivity contribution >= 4 is 5.97 Å². The van der Waals surface area contributed by atoms with E-state index in [4.69, 9.17) is 4.74 Å². The number of rotatable bonds is 4. The lowest BCUT2D eigenvalue weighted by atomic mass is 9.93. The number of carbonyl (C=O) groups is 1. The third kappa shape index (κ3) is 4.49. The van der Waals surface area contributed by atoms with Crippen LogP contribution < -0.4 is 0 Å². The van der Waals surface area contributed by atoms with Gasteiger partial charge in [-0.2, -0.15) is 0 Å². The van der Waals surface area contributed by atoms with Crippen molar-refractivity contribution in [3.05, 3.63) is 0 Å². The van der Waals surface area contributed by atoms with Gasteiger partial charge in [-0.3, -0.25) is 9.69 Å². The third-order valence-electron chi connectivity index (χ3n) is 3.15. The number of likely N-dealkylation sites (tertiary alicyclic amines) is 1. The molecular formula is C12H24N2O2. The van der Waals surface area contributed by atoms with Crippen molar-refractivity contribution in [1.82, 2.24) is 9.80 Å². The van der Waals surface area contributed by atoms with Crippen molar-refractivity contribution in [3.63, 3.8) is 0 Å². The predicted molar refractivity (Wildman–Crippen MR) is 64.3 cm³/mol. The Bertz CT molecular complexity index is 231. The van der Waals surface area contributed by atoms with Gasteiger partial charge in [-0.25, -0.2) is 0 Å². The summed E-state index contributed by atoms with van der Waals surface area (Å²) in [6.45, 7) is 4.28. The van der Waals surface area contributed by atoms with E-state index in [1.807, 2.05) is 19.0 Å². The van der Waals surface area contributed by atoms with Crippen LogP contribution in [0.15, 0.2) is 0 Å². The standard InChI is InChI=1S/C12H24N2O2/c1-10-5-6-14(4)11(7-10)9-16-12(15)8-13(2)3/h10-11H,5-9H2,1-4H3. The molecule has 16 heavy (non-hydrogen) atoms. The second-order valence-corrected chi connectivity index (χ2v) is 5.18. The monoisotopic (exact) mass is 228 g/mol. The smallest absolute Gasteiger partial charge is 0.320 e. The minimum absolute atomic E-state index is 0.128. The number of ether oxygens (including phenoxy) is 1. The number of esters is 1. The Balaban J connectivity index is 2.27. The van der Waals surface area contributed by atoms with E-state index in [2.05, 4.69) is 18.9 Å². The quantitative estimate of drug-likeness (QED) is 0.667. The molecule has 1 fully saturated rings. The highest BCUT2D eigenvalue weighted by Gasteiger charge is 2.24. The SMILES string of the molecule is CC1CCN(C)C(COC(=O)CN(C)C)C1. The van der Waals surface area contributed by atoms with E-state index in [9.17, 15) is 4.79 Å². The summed E-state index contributed by atoms with van der Waals surface area (Å²) in [5.41, 5.74) is 0. The number of carbonyl (C=O) groups excluding carboxylic acids is 1. The minimum Gasteiger partial charge on any atom is -0.463 e. The summed E-state index contributed by atoms with van der Waals surface area (Å²) in [6, 6.07) is 0.398. The lowest BCUT2D eigenvalue weighted by Crippen LogP contribution is -2.42.